The molecule has 3 heterocycles. The number of carbonyl (C=O) groups excluding carboxylic acids is 4. The minimum Gasteiger partial charge on any atom is -0.504 e. The number of phenols is 2. The Morgan fingerprint density at radius 3 is 2.42 bits per heavy atom. The third kappa shape index (κ3) is 3.37. The van der Waals surface area contributed by atoms with Crippen LogP contribution in [0.15, 0.2) is 66.7 Å². The number of rotatable bonds is 4. The van der Waals surface area contributed by atoms with E-state index in [4.69, 9.17) is 4.74 Å². The van der Waals surface area contributed by atoms with Crippen molar-refractivity contribution >= 4 is 35.1 Å². The second-order valence-corrected chi connectivity index (χ2v) is 9.69. The highest BCUT2D eigenvalue weighted by molar-refractivity contribution is 6.25. The van der Waals surface area contributed by atoms with E-state index in [1.54, 1.807) is 30.3 Å². The summed E-state index contributed by atoms with van der Waals surface area (Å²) in [6.45, 7) is 1.27. The maximum atomic E-state index is 14.0. The minimum atomic E-state index is -1.47. The summed E-state index contributed by atoms with van der Waals surface area (Å²) < 4.78 is 5.06. The molecule has 4 atom stereocenters. The zero-order valence-corrected chi connectivity index (χ0v) is 20.2. The van der Waals surface area contributed by atoms with Crippen LogP contribution in [0.5, 0.6) is 17.2 Å². The van der Waals surface area contributed by atoms with E-state index in [1.807, 2.05) is 0 Å². The van der Waals surface area contributed by atoms with E-state index in [9.17, 15) is 29.4 Å². The van der Waals surface area contributed by atoms with Crippen LogP contribution in [0.4, 0.5) is 11.4 Å². The number of nitrogens with one attached hydrogen (secondary N) is 2. The lowest BCUT2D eigenvalue weighted by molar-refractivity contribution is -0.132. The standard InChI is InChI=1S/C28H23N3O7/c1-14(32)38-17-9-7-16(8-10-17)31-25(35)23-20(12-15-6-11-21(33)22(34)13-15)30-28(24(23)26(31)36)18-4-2-3-5-19(18)29-27(28)37/h2-11,13,20,23-24,30,33-34H,12H2,1H3,(H,29,37)/t20-,23-,24-,28-/m0/s1. The number of nitrogens with zero attached hydrogens (tertiary/aromatic N) is 1. The lowest BCUT2D eigenvalue weighted by atomic mass is 9.76. The zero-order valence-electron chi connectivity index (χ0n) is 20.2. The Labute approximate surface area is 216 Å². The third-order valence-electron chi connectivity index (χ3n) is 7.47. The number of esters is 1. The zero-order chi connectivity index (χ0) is 26.8. The first kappa shape index (κ1) is 23.7. The number of ether oxygens (including phenoxy) is 1. The van der Waals surface area contributed by atoms with E-state index in [-0.39, 0.29) is 23.7 Å². The van der Waals surface area contributed by atoms with Gasteiger partial charge in [0.15, 0.2) is 11.5 Å². The van der Waals surface area contributed by atoms with Crippen molar-refractivity contribution < 1.29 is 34.1 Å². The third-order valence-corrected chi connectivity index (χ3v) is 7.47. The first-order valence-electron chi connectivity index (χ1n) is 12.1. The monoisotopic (exact) mass is 513 g/mol. The Hall–Kier alpha value is -4.70. The van der Waals surface area contributed by atoms with Crippen molar-refractivity contribution in [3.8, 4) is 17.2 Å². The molecule has 3 amide bonds. The quantitative estimate of drug-likeness (QED) is 0.180. The number of phenolic OH excluding ortho intramolecular Hbond substituents is 2. The molecule has 3 aromatic carbocycles. The van der Waals surface area contributed by atoms with Gasteiger partial charge in [-0.15, -0.1) is 0 Å². The molecule has 3 aliphatic heterocycles. The highest BCUT2D eigenvalue weighted by Gasteiger charge is 2.70. The molecule has 2 fully saturated rings. The molecule has 10 heteroatoms. The summed E-state index contributed by atoms with van der Waals surface area (Å²) in [4.78, 5) is 53.8. The topological polar surface area (TPSA) is 145 Å². The van der Waals surface area contributed by atoms with Gasteiger partial charge in [-0.3, -0.25) is 24.5 Å². The van der Waals surface area contributed by atoms with E-state index in [0.717, 1.165) is 4.90 Å². The summed E-state index contributed by atoms with van der Waals surface area (Å²) in [7, 11) is 0. The fraction of sp³-hybridized carbons (Fsp3) is 0.214. The summed E-state index contributed by atoms with van der Waals surface area (Å²) >= 11 is 0. The number of amides is 3. The van der Waals surface area contributed by atoms with Crippen LogP contribution in [-0.4, -0.2) is 39.9 Å². The van der Waals surface area contributed by atoms with Crippen molar-refractivity contribution in [2.75, 3.05) is 10.2 Å². The maximum Gasteiger partial charge on any atom is 0.308 e. The first-order chi connectivity index (χ1) is 18.2. The highest BCUT2D eigenvalue weighted by atomic mass is 16.5. The molecule has 4 N–H and O–H groups in total. The second kappa shape index (κ2) is 8.42. The van der Waals surface area contributed by atoms with Crippen LogP contribution < -0.4 is 20.3 Å². The molecule has 6 rings (SSSR count). The molecule has 10 nitrogen and oxygen atoms in total. The number of anilines is 2. The first-order valence-corrected chi connectivity index (χ1v) is 12.1. The smallest absolute Gasteiger partial charge is 0.308 e. The Kier molecular flexibility index (Phi) is 5.25. The SMILES string of the molecule is CC(=O)Oc1ccc(N2C(=O)[C@H]3[C@H](Cc4ccc(O)c(O)c4)N[C@]4(C(=O)Nc5ccccc54)[C@@H]3C2=O)cc1. The molecule has 2 saturated heterocycles. The number of benzene rings is 3. The number of fused-ring (bicyclic) bond motifs is 4. The Bertz CT molecular complexity index is 1520. The van der Waals surface area contributed by atoms with Crippen LogP contribution in [-0.2, 0) is 31.1 Å². The van der Waals surface area contributed by atoms with E-state index in [1.165, 1.54) is 43.3 Å². The molecule has 192 valence electrons. The van der Waals surface area contributed by atoms with Gasteiger partial charge in [0.25, 0.3) is 0 Å². The lowest BCUT2D eigenvalue weighted by Crippen LogP contribution is -2.53. The van der Waals surface area contributed by atoms with Crippen molar-refractivity contribution in [2.45, 2.75) is 24.9 Å². The van der Waals surface area contributed by atoms with Crippen molar-refractivity contribution in [1.82, 2.24) is 5.32 Å². The van der Waals surface area contributed by atoms with Gasteiger partial charge in [0, 0.05) is 24.2 Å². The van der Waals surface area contributed by atoms with E-state index in [0.29, 0.717) is 22.5 Å². The van der Waals surface area contributed by atoms with Crippen LogP contribution >= 0.6 is 0 Å². The predicted molar refractivity (Wildman–Crippen MR) is 134 cm³/mol. The van der Waals surface area contributed by atoms with Gasteiger partial charge < -0.3 is 20.3 Å². The van der Waals surface area contributed by atoms with Gasteiger partial charge in [-0.25, -0.2) is 4.90 Å². The summed E-state index contributed by atoms with van der Waals surface area (Å²) in [5.74, 6) is -4.12. The average molecular weight is 514 g/mol. The van der Waals surface area contributed by atoms with E-state index >= 15 is 0 Å². The maximum absolute atomic E-state index is 14.0. The molecule has 3 aromatic rings. The number of aromatic hydroxyl groups is 2. The van der Waals surface area contributed by atoms with Crippen LogP contribution in [0.2, 0.25) is 0 Å². The van der Waals surface area contributed by atoms with Crippen molar-refractivity contribution in [3.63, 3.8) is 0 Å². The molecule has 0 aliphatic carbocycles. The van der Waals surface area contributed by atoms with Gasteiger partial charge in [-0.1, -0.05) is 24.3 Å². The van der Waals surface area contributed by atoms with Gasteiger partial charge in [-0.2, -0.15) is 0 Å². The van der Waals surface area contributed by atoms with Crippen molar-refractivity contribution in [3.05, 3.63) is 77.9 Å². The predicted octanol–water partition coefficient (Wildman–Crippen LogP) is 2.19. The van der Waals surface area contributed by atoms with Crippen LogP contribution in [0, 0.1) is 11.8 Å². The summed E-state index contributed by atoms with van der Waals surface area (Å²) in [5.41, 5.74) is 0.600. The average Bonchev–Trinajstić information content (AvgIpc) is 3.46. The summed E-state index contributed by atoms with van der Waals surface area (Å²) in [5, 5.41) is 25.9. The molecule has 0 aromatic heterocycles. The second-order valence-electron chi connectivity index (χ2n) is 9.69. The Morgan fingerprint density at radius 2 is 1.71 bits per heavy atom. The molecule has 38 heavy (non-hydrogen) atoms. The molecule has 0 saturated carbocycles. The molecular weight excluding hydrogens is 490 g/mol. The number of imide groups is 1. The Morgan fingerprint density at radius 1 is 0.974 bits per heavy atom. The normalized spacial score (nSPS) is 25.4. The molecule has 1 spiro atoms. The lowest BCUT2D eigenvalue weighted by Gasteiger charge is -2.29. The molecule has 0 radical (unpaired) electrons. The number of hydrogen-bond acceptors (Lipinski definition) is 8. The van der Waals surface area contributed by atoms with Crippen LogP contribution in [0.3, 0.4) is 0 Å². The molecule has 0 unspecified atom stereocenters. The highest BCUT2D eigenvalue weighted by Crippen LogP contribution is 2.54. The molecule has 0 bridgehead atoms. The van der Waals surface area contributed by atoms with Gasteiger partial charge in [0.05, 0.1) is 17.5 Å². The fourth-order valence-corrected chi connectivity index (χ4v) is 5.97. The van der Waals surface area contributed by atoms with Gasteiger partial charge in [-0.05, 0) is 54.4 Å². The van der Waals surface area contributed by atoms with Crippen molar-refractivity contribution in [1.29, 1.82) is 0 Å². The van der Waals surface area contributed by atoms with Gasteiger partial charge in [0.2, 0.25) is 17.7 Å². The van der Waals surface area contributed by atoms with Gasteiger partial charge in [0.1, 0.15) is 11.3 Å². The van der Waals surface area contributed by atoms with Crippen LogP contribution in [0.25, 0.3) is 0 Å². The number of hydrogen-bond donors (Lipinski definition) is 4. The van der Waals surface area contributed by atoms with Gasteiger partial charge >= 0.3 is 5.97 Å². The molecule has 3 aliphatic rings. The van der Waals surface area contributed by atoms with E-state index in [2.05, 4.69) is 10.6 Å². The van der Waals surface area contributed by atoms with Crippen molar-refractivity contribution in [2.24, 2.45) is 11.8 Å². The summed E-state index contributed by atoms with van der Waals surface area (Å²) in [6.07, 6.45) is 0.213. The fourth-order valence-electron chi connectivity index (χ4n) is 5.97. The van der Waals surface area contributed by atoms with Crippen LogP contribution in [0.1, 0.15) is 18.1 Å². The molecular formula is C28H23N3O7. The largest absolute Gasteiger partial charge is 0.504 e. The Balaban J connectivity index is 1.44. The number of carbonyl (C=O) groups is 4. The minimum absolute atomic E-state index is 0.213. The number of para-hydroxylation sites is 1. The van der Waals surface area contributed by atoms with E-state index < -0.39 is 47.1 Å². The summed E-state index contributed by atoms with van der Waals surface area (Å²) in [6, 6.07) is 16.8.